The third kappa shape index (κ3) is 8.95. The molecule has 0 aromatic heterocycles. The fraction of sp³-hybridized carbons (Fsp3) is 0.471. The summed E-state index contributed by atoms with van der Waals surface area (Å²) in [4.78, 5) is 35.1. The fourth-order valence-corrected chi connectivity index (χ4v) is 1.97. The monoisotopic (exact) mass is 370 g/mol. The number of carbonyl (C=O) groups excluding carboxylic acids is 3. The van der Waals surface area contributed by atoms with E-state index >= 15 is 0 Å². The molecule has 0 unspecified atom stereocenters. The molecule has 0 heterocycles. The van der Waals surface area contributed by atoms with E-state index in [1.54, 1.807) is 45.0 Å². The van der Waals surface area contributed by atoms with Crippen LogP contribution in [0.4, 0.5) is 4.79 Å². The lowest BCUT2D eigenvalue weighted by molar-refractivity contribution is -0.143. The summed E-state index contributed by atoms with van der Waals surface area (Å²) in [6.45, 7) is 6.13. The lowest BCUT2D eigenvalue weighted by Gasteiger charge is -2.23. The maximum atomic E-state index is 12.3. The van der Waals surface area contributed by atoms with Gasteiger partial charge in [0, 0.05) is 18.4 Å². The summed E-state index contributed by atoms with van der Waals surface area (Å²) >= 11 is 5.85. The molecule has 0 aliphatic rings. The molecule has 1 aromatic carbocycles. The lowest BCUT2D eigenvalue weighted by atomic mass is 10.1. The van der Waals surface area contributed by atoms with Crippen molar-refractivity contribution in [3.8, 4) is 0 Å². The SMILES string of the molecule is CC(=O)OCNC(=O)[C@H](Cc1ccc(Cl)cc1)NC(=O)OC(C)(C)C. The summed E-state index contributed by atoms with van der Waals surface area (Å²) in [6, 6.07) is 6.00. The van der Waals surface area contributed by atoms with E-state index in [2.05, 4.69) is 15.4 Å². The summed E-state index contributed by atoms with van der Waals surface area (Å²) in [5.41, 5.74) is 0.108. The van der Waals surface area contributed by atoms with Crippen molar-refractivity contribution < 1.29 is 23.9 Å². The zero-order valence-electron chi connectivity index (χ0n) is 14.7. The third-order valence-corrected chi connectivity index (χ3v) is 3.13. The number of rotatable bonds is 6. The van der Waals surface area contributed by atoms with Gasteiger partial charge in [-0.05, 0) is 38.5 Å². The molecule has 0 radical (unpaired) electrons. The van der Waals surface area contributed by atoms with Gasteiger partial charge in [-0.2, -0.15) is 0 Å². The van der Waals surface area contributed by atoms with Gasteiger partial charge >= 0.3 is 12.1 Å². The van der Waals surface area contributed by atoms with Crippen LogP contribution in [-0.4, -0.2) is 36.3 Å². The van der Waals surface area contributed by atoms with Crippen molar-refractivity contribution in [2.45, 2.75) is 45.8 Å². The second-order valence-corrected chi connectivity index (χ2v) is 6.79. The average Bonchev–Trinajstić information content (AvgIpc) is 2.46. The molecule has 8 heteroatoms. The van der Waals surface area contributed by atoms with Gasteiger partial charge in [-0.25, -0.2) is 4.79 Å². The van der Waals surface area contributed by atoms with Crippen LogP contribution in [0.1, 0.15) is 33.3 Å². The Balaban J connectivity index is 2.77. The molecule has 2 N–H and O–H groups in total. The van der Waals surface area contributed by atoms with E-state index < -0.39 is 29.6 Å². The van der Waals surface area contributed by atoms with Crippen molar-refractivity contribution in [1.82, 2.24) is 10.6 Å². The summed E-state index contributed by atoms with van der Waals surface area (Å²) in [7, 11) is 0. The van der Waals surface area contributed by atoms with Gasteiger partial charge in [0.05, 0.1) is 0 Å². The molecule has 25 heavy (non-hydrogen) atoms. The molecule has 138 valence electrons. The van der Waals surface area contributed by atoms with E-state index in [4.69, 9.17) is 16.3 Å². The Labute approximate surface area is 152 Å². The predicted molar refractivity (Wildman–Crippen MR) is 93.1 cm³/mol. The number of esters is 1. The van der Waals surface area contributed by atoms with E-state index in [1.165, 1.54) is 6.92 Å². The number of amides is 2. The number of hydrogen-bond donors (Lipinski definition) is 2. The molecule has 2 amide bonds. The second-order valence-electron chi connectivity index (χ2n) is 6.35. The largest absolute Gasteiger partial charge is 0.445 e. The highest BCUT2D eigenvalue weighted by atomic mass is 35.5. The summed E-state index contributed by atoms with van der Waals surface area (Å²) in [6.07, 6.45) is -0.489. The summed E-state index contributed by atoms with van der Waals surface area (Å²) < 4.78 is 9.86. The van der Waals surface area contributed by atoms with Gasteiger partial charge in [0.2, 0.25) is 5.91 Å². The summed E-state index contributed by atoms with van der Waals surface area (Å²) in [5, 5.41) is 5.53. The normalized spacial score (nSPS) is 12.0. The minimum Gasteiger partial charge on any atom is -0.445 e. The standard InChI is InChI=1S/C17H23ClN2O5/c1-11(21)24-10-19-15(22)14(20-16(23)25-17(2,3)4)9-12-5-7-13(18)8-6-12/h5-8,14H,9-10H2,1-4H3,(H,19,22)(H,20,23)/t14-/m0/s1. The van der Waals surface area contributed by atoms with Gasteiger partial charge in [-0.15, -0.1) is 0 Å². The van der Waals surface area contributed by atoms with Crippen molar-refractivity contribution >= 4 is 29.6 Å². The molecule has 0 saturated heterocycles. The van der Waals surface area contributed by atoms with Crippen LogP contribution in [0.3, 0.4) is 0 Å². The Morgan fingerprint density at radius 1 is 1.16 bits per heavy atom. The zero-order chi connectivity index (χ0) is 19.0. The number of hydrogen-bond acceptors (Lipinski definition) is 5. The van der Waals surface area contributed by atoms with Crippen LogP contribution in [0.25, 0.3) is 0 Å². The quantitative estimate of drug-likeness (QED) is 0.592. The maximum absolute atomic E-state index is 12.3. The fourth-order valence-electron chi connectivity index (χ4n) is 1.85. The first-order valence-corrected chi connectivity index (χ1v) is 8.09. The van der Waals surface area contributed by atoms with Gasteiger partial charge in [0.25, 0.3) is 0 Å². The van der Waals surface area contributed by atoms with E-state index in [0.717, 1.165) is 5.56 Å². The Kier molecular flexibility index (Phi) is 7.70. The molecule has 1 atom stereocenters. The smallest absolute Gasteiger partial charge is 0.408 e. The Morgan fingerprint density at radius 3 is 2.28 bits per heavy atom. The van der Waals surface area contributed by atoms with Gasteiger partial charge in [-0.3, -0.25) is 9.59 Å². The molecule has 1 rings (SSSR count). The molecule has 0 fully saturated rings. The van der Waals surface area contributed by atoms with E-state index in [1.807, 2.05) is 0 Å². The van der Waals surface area contributed by atoms with Crippen LogP contribution < -0.4 is 10.6 Å². The Hall–Kier alpha value is -2.28. The van der Waals surface area contributed by atoms with Gasteiger partial charge in [0.1, 0.15) is 11.6 Å². The van der Waals surface area contributed by atoms with Gasteiger partial charge < -0.3 is 20.1 Å². The lowest BCUT2D eigenvalue weighted by Crippen LogP contribution is -2.49. The van der Waals surface area contributed by atoms with Crippen molar-refractivity contribution in [3.05, 3.63) is 34.9 Å². The number of nitrogens with one attached hydrogen (secondary N) is 2. The van der Waals surface area contributed by atoms with Crippen LogP contribution in [-0.2, 0) is 25.5 Å². The van der Waals surface area contributed by atoms with E-state index in [9.17, 15) is 14.4 Å². The average molecular weight is 371 g/mol. The van der Waals surface area contributed by atoms with Crippen LogP contribution in [0.5, 0.6) is 0 Å². The molecule has 0 saturated carbocycles. The predicted octanol–water partition coefficient (Wildman–Crippen LogP) is 2.41. The Morgan fingerprint density at radius 2 is 1.76 bits per heavy atom. The van der Waals surface area contributed by atoms with Crippen LogP contribution in [0.15, 0.2) is 24.3 Å². The molecule has 0 aliphatic heterocycles. The highest BCUT2D eigenvalue weighted by molar-refractivity contribution is 6.30. The number of halogens is 1. The number of ether oxygens (including phenoxy) is 2. The zero-order valence-corrected chi connectivity index (χ0v) is 15.5. The molecule has 1 aromatic rings. The van der Waals surface area contributed by atoms with E-state index in [-0.39, 0.29) is 13.2 Å². The number of benzene rings is 1. The first kappa shape index (κ1) is 20.8. The van der Waals surface area contributed by atoms with Crippen LogP contribution in [0, 0.1) is 0 Å². The first-order valence-electron chi connectivity index (χ1n) is 7.72. The van der Waals surface area contributed by atoms with Gasteiger partial charge in [0.15, 0.2) is 6.73 Å². The number of carbonyl (C=O) groups is 3. The van der Waals surface area contributed by atoms with Crippen LogP contribution >= 0.6 is 11.6 Å². The van der Waals surface area contributed by atoms with Crippen molar-refractivity contribution in [3.63, 3.8) is 0 Å². The molecular weight excluding hydrogens is 348 g/mol. The minimum atomic E-state index is -0.897. The van der Waals surface area contributed by atoms with E-state index in [0.29, 0.717) is 5.02 Å². The minimum absolute atomic E-state index is 0.225. The molecule has 7 nitrogen and oxygen atoms in total. The Bertz CT molecular complexity index is 610. The first-order chi connectivity index (χ1) is 11.6. The van der Waals surface area contributed by atoms with Crippen molar-refractivity contribution in [2.75, 3.05) is 6.73 Å². The third-order valence-electron chi connectivity index (χ3n) is 2.88. The topological polar surface area (TPSA) is 93.7 Å². The van der Waals surface area contributed by atoms with Crippen molar-refractivity contribution in [1.29, 1.82) is 0 Å². The van der Waals surface area contributed by atoms with Crippen molar-refractivity contribution in [2.24, 2.45) is 0 Å². The molecule has 0 aliphatic carbocycles. The highest BCUT2D eigenvalue weighted by Gasteiger charge is 2.24. The molecule has 0 bridgehead atoms. The molecule has 0 spiro atoms. The number of alkyl carbamates (subject to hydrolysis) is 1. The maximum Gasteiger partial charge on any atom is 0.408 e. The second kappa shape index (κ2) is 9.27. The summed E-state index contributed by atoms with van der Waals surface area (Å²) in [5.74, 6) is -1.02. The van der Waals surface area contributed by atoms with Gasteiger partial charge in [-0.1, -0.05) is 23.7 Å². The molecular formula is C17H23ClN2O5. The van der Waals surface area contributed by atoms with Crippen LogP contribution in [0.2, 0.25) is 5.02 Å². The highest BCUT2D eigenvalue weighted by Crippen LogP contribution is 2.12.